The van der Waals surface area contributed by atoms with Crippen LogP contribution >= 0.6 is 0 Å². The number of rotatable bonds is 4. The smallest absolute Gasteiger partial charge is 0.0399 e. The van der Waals surface area contributed by atoms with Crippen molar-refractivity contribution in [2.45, 2.75) is 38.6 Å². The first-order valence-electron chi connectivity index (χ1n) is 7.22. The largest absolute Gasteiger partial charge is 0.371 e. The Bertz CT molecular complexity index is 392. The van der Waals surface area contributed by atoms with Gasteiger partial charge >= 0.3 is 0 Å². The highest BCUT2D eigenvalue weighted by atomic mass is 15.1. The zero-order chi connectivity index (χ0) is 12.4. The summed E-state index contributed by atoms with van der Waals surface area (Å²) in [5.74, 6) is 0.879. The van der Waals surface area contributed by atoms with E-state index in [0.29, 0.717) is 0 Å². The van der Waals surface area contributed by atoms with Crippen LogP contribution in [0.2, 0.25) is 0 Å². The standard InChI is InChI=1S/C15H23N3/c1-12-10-15(4-7-16-12)18-8-5-13(6-9-18)11-17-14-2-3-14/h4,7,10,13-14,17H,2-3,5-6,8-9,11H2,1H3. The van der Waals surface area contributed by atoms with Crippen molar-refractivity contribution in [2.24, 2.45) is 5.92 Å². The van der Waals surface area contributed by atoms with Gasteiger partial charge < -0.3 is 10.2 Å². The lowest BCUT2D eigenvalue weighted by molar-refractivity contribution is 0.382. The summed E-state index contributed by atoms with van der Waals surface area (Å²) in [7, 11) is 0. The maximum absolute atomic E-state index is 4.27. The van der Waals surface area contributed by atoms with E-state index in [1.165, 1.54) is 51.0 Å². The first kappa shape index (κ1) is 12.0. The molecule has 0 bridgehead atoms. The zero-order valence-corrected chi connectivity index (χ0v) is 11.2. The summed E-state index contributed by atoms with van der Waals surface area (Å²) in [5.41, 5.74) is 2.46. The summed E-state index contributed by atoms with van der Waals surface area (Å²) in [6.45, 7) is 5.69. The fourth-order valence-electron chi connectivity index (χ4n) is 2.74. The number of nitrogens with one attached hydrogen (secondary N) is 1. The van der Waals surface area contributed by atoms with Crippen LogP contribution in [0.1, 0.15) is 31.4 Å². The number of aromatic nitrogens is 1. The summed E-state index contributed by atoms with van der Waals surface area (Å²) >= 11 is 0. The van der Waals surface area contributed by atoms with E-state index in [1.54, 1.807) is 0 Å². The number of piperidine rings is 1. The number of pyridine rings is 1. The first-order valence-corrected chi connectivity index (χ1v) is 7.22. The van der Waals surface area contributed by atoms with Gasteiger partial charge in [0.05, 0.1) is 0 Å². The van der Waals surface area contributed by atoms with Gasteiger partial charge in [-0.25, -0.2) is 0 Å². The number of hydrogen-bond acceptors (Lipinski definition) is 3. The third-order valence-electron chi connectivity index (χ3n) is 4.13. The Morgan fingerprint density at radius 3 is 2.72 bits per heavy atom. The van der Waals surface area contributed by atoms with Gasteiger partial charge in [-0.3, -0.25) is 4.98 Å². The van der Waals surface area contributed by atoms with Crippen molar-refractivity contribution in [2.75, 3.05) is 24.5 Å². The van der Waals surface area contributed by atoms with Crippen molar-refractivity contribution < 1.29 is 0 Å². The lowest BCUT2D eigenvalue weighted by Crippen LogP contribution is -2.37. The summed E-state index contributed by atoms with van der Waals surface area (Å²) in [6, 6.07) is 5.18. The summed E-state index contributed by atoms with van der Waals surface area (Å²) < 4.78 is 0. The molecule has 3 heteroatoms. The number of anilines is 1. The average molecular weight is 245 g/mol. The van der Waals surface area contributed by atoms with E-state index in [4.69, 9.17) is 0 Å². The van der Waals surface area contributed by atoms with E-state index in [9.17, 15) is 0 Å². The van der Waals surface area contributed by atoms with E-state index in [0.717, 1.165) is 17.7 Å². The quantitative estimate of drug-likeness (QED) is 0.882. The second-order valence-corrected chi connectivity index (χ2v) is 5.77. The molecule has 2 heterocycles. The van der Waals surface area contributed by atoms with Crippen LogP contribution in [0.5, 0.6) is 0 Å². The van der Waals surface area contributed by atoms with Crippen LogP contribution in [0.3, 0.4) is 0 Å². The third-order valence-corrected chi connectivity index (χ3v) is 4.13. The van der Waals surface area contributed by atoms with E-state index >= 15 is 0 Å². The minimum atomic E-state index is 0.853. The Morgan fingerprint density at radius 1 is 1.28 bits per heavy atom. The Morgan fingerprint density at radius 2 is 2.06 bits per heavy atom. The van der Waals surface area contributed by atoms with E-state index < -0.39 is 0 Å². The van der Waals surface area contributed by atoms with Crippen LogP contribution in [0.25, 0.3) is 0 Å². The molecule has 1 saturated carbocycles. The molecule has 1 aromatic rings. The molecular formula is C15H23N3. The first-order chi connectivity index (χ1) is 8.81. The Balaban J connectivity index is 1.49. The molecule has 2 fully saturated rings. The van der Waals surface area contributed by atoms with Crippen molar-refractivity contribution >= 4 is 5.69 Å². The lowest BCUT2D eigenvalue weighted by atomic mass is 9.96. The molecule has 0 spiro atoms. The van der Waals surface area contributed by atoms with Crippen LogP contribution in [-0.4, -0.2) is 30.7 Å². The number of hydrogen-bond donors (Lipinski definition) is 1. The molecule has 0 aromatic carbocycles. The van der Waals surface area contributed by atoms with Crippen LogP contribution < -0.4 is 10.2 Å². The third kappa shape index (κ3) is 3.02. The Kier molecular flexibility index (Phi) is 3.50. The van der Waals surface area contributed by atoms with Crippen LogP contribution in [0.15, 0.2) is 18.3 Å². The summed E-state index contributed by atoms with van der Waals surface area (Å²) in [5, 5.41) is 3.66. The maximum atomic E-state index is 4.27. The molecule has 1 aliphatic carbocycles. The summed E-state index contributed by atoms with van der Waals surface area (Å²) in [4.78, 5) is 6.77. The molecule has 1 saturated heterocycles. The predicted octanol–water partition coefficient (Wildman–Crippen LogP) is 2.36. The molecule has 0 unspecified atom stereocenters. The monoisotopic (exact) mass is 245 g/mol. The van der Waals surface area contributed by atoms with Crippen molar-refractivity contribution in [1.82, 2.24) is 10.3 Å². The highest BCUT2D eigenvalue weighted by molar-refractivity contribution is 5.46. The van der Waals surface area contributed by atoms with Gasteiger partial charge in [-0.2, -0.15) is 0 Å². The normalized spacial score (nSPS) is 21.3. The molecule has 0 amide bonds. The highest BCUT2D eigenvalue weighted by Gasteiger charge is 2.24. The van der Waals surface area contributed by atoms with Crippen molar-refractivity contribution in [3.8, 4) is 0 Å². The van der Waals surface area contributed by atoms with Gasteiger partial charge in [0.15, 0.2) is 0 Å². The zero-order valence-electron chi connectivity index (χ0n) is 11.2. The van der Waals surface area contributed by atoms with Gasteiger partial charge in [0.1, 0.15) is 0 Å². The fourth-order valence-corrected chi connectivity index (χ4v) is 2.74. The van der Waals surface area contributed by atoms with Gasteiger partial charge in [-0.15, -0.1) is 0 Å². The molecule has 3 nitrogen and oxygen atoms in total. The van der Waals surface area contributed by atoms with Crippen LogP contribution in [-0.2, 0) is 0 Å². The van der Waals surface area contributed by atoms with Crippen molar-refractivity contribution in [3.63, 3.8) is 0 Å². The Labute approximate surface area is 110 Å². The molecule has 1 aliphatic heterocycles. The van der Waals surface area contributed by atoms with Gasteiger partial charge in [0, 0.05) is 36.7 Å². The predicted molar refractivity (Wildman–Crippen MR) is 74.9 cm³/mol. The molecule has 18 heavy (non-hydrogen) atoms. The van der Waals surface area contributed by atoms with Crippen molar-refractivity contribution in [1.29, 1.82) is 0 Å². The van der Waals surface area contributed by atoms with E-state index in [2.05, 4.69) is 34.3 Å². The van der Waals surface area contributed by atoms with Gasteiger partial charge in [0.25, 0.3) is 0 Å². The maximum Gasteiger partial charge on any atom is 0.0399 e. The van der Waals surface area contributed by atoms with Crippen LogP contribution in [0, 0.1) is 12.8 Å². The molecule has 3 rings (SSSR count). The SMILES string of the molecule is Cc1cc(N2CCC(CNC3CC3)CC2)ccn1. The number of nitrogens with zero attached hydrogens (tertiary/aromatic N) is 2. The molecule has 2 aliphatic rings. The van der Waals surface area contributed by atoms with Gasteiger partial charge in [-0.05, 0) is 57.2 Å². The molecular weight excluding hydrogens is 222 g/mol. The second-order valence-electron chi connectivity index (χ2n) is 5.77. The Hall–Kier alpha value is -1.09. The van der Waals surface area contributed by atoms with E-state index in [1.807, 2.05) is 6.20 Å². The molecule has 0 atom stereocenters. The molecule has 1 aromatic heterocycles. The topological polar surface area (TPSA) is 28.2 Å². The molecule has 1 N–H and O–H groups in total. The van der Waals surface area contributed by atoms with Crippen molar-refractivity contribution in [3.05, 3.63) is 24.0 Å². The minimum absolute atomic E-state index is 0.853. The van der Waals surface area contributed by atoms with Gasteiger partial charge in [0.2, 0.25) is 0 Å². The summed E-state index contributed by atoms with van der Waals surface area (Å²) in [6.07, 6.45) is 7.36. The highest BCUT2D eigenvalue weighted by Crippen LogP contribution is 2.24. The lowest BCUT2D eigenvalue weighted by Gasteiger charge is -2.33. The average Bonchev–Trinajstić information content (AvgIpc) is 3.21. The van der Waals surface area contributed by atoms with Crippen LogP contribution in [0.4, 0.5) is 5.69 Å². The fraction of sp³-hybridized carbons (Fsp3) is 0.667. The second kappa shape index (κ2) is 5.27. The molecule has 98 valence electrons. The number of aryl methyl sites for hydroxylation is 1. The van der Waals surface area contributed by atoms with E-state index in [-0.39, 0.29) is 0 Å². The minimum Gasteiger partial charge on any atom is -0.371 e. The molecule has 0 radical (unpaired) electrons. The van der Waals surface area contributed by atoms with Gasteiger partial charge in [-0.1, -0.05) is 0 Å².